The van der Waals surface area contributed by atoms with Crippen molar-refractivity contribution in [1.82, 2.24) is 4.90 Å². The second kappa shape index (κ2) is 9.48. The highest BCUT2D eigenvalue weighted by atomic mass is 35.5. The molecule has 0 aliphatic carbocycles. The van der Waals surface area contributed by atoms with Crippen LogP contribution in [0.4, 0.5) is 5.69 Å². The Labute approximate surface area is 120 Å². The number of benzene rings is 1. The van der Waals surface area contributed by atoms with E-state index in [-0.39, 0.29) is 0 Å². The van der Waals surface area contributed by atoms with Gasteiger partial charge in [0.2, 0.25) is 0 Å². The molecule has 0 saturated carbocycles. The summed E-state index contributed by atoms with van der Waals surface area (Å²) in [6.07, 6.45) is 1.12. The zero-order valence-corrected chi connectivity index (χ0v) is 12.5. The molecule has 0 saturated heterocycles. The number of hydrogen-bond acceptors (Lipinski definition) is 2. The summed E-state index contributed by atoms with van der Waals surface area (Å²) in [6, 6.07) is 10.4. The Morgan fingerprint density at radius 3 is 2.06 bits per heavy atom. The molecule has 0 spiro atoms. The van der Waals surface area contributed by atoms with E-state index in [1.165, 1.54) is 5.69 Å². The third-order valence-electron chi connectivity index (χ3n) is 2.97. The first-order valence-corrected chi connectivity index (χ1v) is 7.45. The minimum absolute atomic E-state index is 0.672. The average Bonchev–Trinajstić information content (AvgIpc) is 2.40. The molecule has 1 rings (SSSR count). The SMILES string of the molecule is CN(CCCN(CCCl)CCCl)c1ccccc1. The van der Waals surface area contributed by atoms with Crippen LogP contribution in [-0.4, -0.2) is 49.9 Å². The van der Waals surface area contributed by atoms with Crippen LogP contribution in [-0.2, 0) is 0 Å². The van der Waals surface area contributed by atoms with Crippen molar-refractivity contribution in [3.8, 4) is 0 Å². The number of hydrogen-bond donors (Lipinski definition) is 0. The van der Waals surface area contributed by atoms with Crippen molar-refractivity contribution >= 4 is 28.9 Å². The van der Waals surface area contributed by atoms with Crippen LogP contribution in [0, 0.1) is 0 Å². The van der Waals surface area contributed by atoms with Crippen molar-refractivity contribution in [3.63, 3.8) is 0 Å². The molecule has 4 heteroatoms. The molecular formula is C14H22Cl2N2. The molecule has 0 amide bonds. The fraction of sp³-hybridized carbons (Fsp3) is 0.571. The van der Waals surface area contributed by atoms with Crippen LogP contribution in [0.15, 0.2) is 30.3 Å². The van der Waals surface area contributed by atoms with Crippen molar-refractivity contribution in [2.75, 3.05) is 49.9 Å². The van der Waals surface area contributed by atoms with E-state index in [9.17, 15) is 0 Å². The minimum Gasteiger partial charge on any atom is -0.375 e. The third-order valence-corrected chi connectivity index (χ3v) is 3.30. The molecule has 1 aromatic rings. The second-order valence-corrected chi connectivity index (χ2v) is 5.09. The maximum Gasteiger partial charge on any atom is 0.0363 e. The van der Waals surface area contributed by atoms with Crippen molar-refractivity contribution in [2.45, 2.75) is 6.42 Å². The summed E-state index contributed by atoms with van der Waals surface area (Å²) in [6.45, 7) is 3.94. The van der Waals surface area contributed by atoms with Gasteiger partial charge in [0.1, 0.15) is 0 Å². The number of rotatable bonds is 9. The predicted molar refractivity (Wildman–Crippen MR) is 82.2 cm³/mol. The smallest absolute Gasteiger partial charge is 0.0363 e. The molecule has 0 aliphatic heterocycles. The van der Waals surface area contributed by atoms with Crippen LogP contribution < -0.4 is 4.90 Å². The first-order chi connectivity index (χ1) is 8.77. The second-order valence-electron chi connectivity index (χ2n) is 4.33. The summed E-state index contributed by atoms with van der Waals surface area (Å²) in [5.74, 6) is 1.34. The van der Waals surface area contributed by atoms with Gasteiger partial charge in [-0.2, -0.15) is 0 Å². The van der Waals surface area contributed by atoms with Gasteiger partial charge < -0.3 is 9.80 Å². The third kappa shape index (κ3) is 5.94. The summed E-state index contributed by atoms with van der Waals surface area (Å²) in [5.41, 5.74) is 1.26. The number of nitrogens with zero attached hydrogens (tertiary/aromatic N) is 2. The lowest BCUT2D eigenvalue weighted by molar-refractivity contribution is 0.304. The number of alkyl halides is 2. The van der Waals surface area contributed by atoms with Crippen molar-refractivity contribution < 1.29 is 0 Å². The summed E-state index contributed by atoms with van der Waals surface area (Å²) in [7, 11) is 2.13. The number of para-hydroxylation sites is 1. The highest BCUT2D eigenvalue weighted by molar-refractivity contribution is 6.18. The Morgan fingerprint density at radius 2 is 1.50 bits per heavy atom. The molecular weight excluding hydrogens is 267 g/mol. The van der Waals surface area contributed by atoms with E-state index >= 15 is 0 Å². The minimum atomic E-state index is 0.672. The predicted octanol–water partition coefficient (Wildman–Crippen LogP) is 3.29. The number of anilines is 1. The van der Waals surface area contributed by atoms with Gasteiger partial charge in [-0.25, -0.2) is 0 Å². The van der Waals surface area contributed by atoms with Crippen LogP contribution in [0.25, 0.3) is 0 Å². The van der Waals surface area contributed by atoms with E-state index in [4.69, 9.17) is 23.2 Å². The Hall–Kier alpha value is -0.440. The van der Waals surface area contributed by atoms with E-state index in [1.54, 1.807) is 0 Å². The normalized spacial score (nSPS) is 10.9. The van der Waals surface area contributed by atoms with Gasteiger partial charge in [-0.15, -0.1) is 23.2 Å². The lowest BCUT2D eigenvalue weighted by atomic mass is 10.3. The van der Waals surface area contributed by atoms with Crippen LogP contribution in [0.2, 0.25) is 0 Å². The Bertz CT molecular complexity index is 300. The van der Waals surface area contributed by atoms with E-state index in [1.807, 2.05) is 6.07 Å². The largest absolute Gasteiger partial charge is 0.375 e. The Balaban J connectivity index is 2.27. The molecule has 0 unspecified atom stereocenters. The molecule has 0 atom stereocenters. The molecule has 0 radical (unpaired) electrons. The molecule has 0 aliphatic rings. The summed E-state index contributed by atoms with van der Waals surface area (Å²) < 4.78 is 0. The summed E-state index contributed by atoms with van der Waals surface area (Å²) in [5, 5.41) is 0. The fourth-order valence-electron chi connectivity index (χ4n) is 1.92. The molecule has 0 heterocycles. The standard InChI is InChI=1S/C14H22Cl2N2/c1-17(14-6-3-2-4-7-14)10-5-11-18(12-8-15)13-9-16/h2-4,6-7H,5,8-13H2,1H3. The monoisotopic (exact) mass is 288 g/mol. The van der Waals surface area contributed by atoms with Gasteiger partial charge in [-0.3, -0.25) is 0 Å². The van der Waals surface area contributed by atoms with Crippen LogP contribution in [0.5, 0.6) is 0 Å². The maximum absolute atomic E-state index is 5.77. The van der Waals surface area contributed by atoms with Gasteiger partial charge >= 0.3 is 0 Å². The fourth-order valence-corrected chi connectivity index (χ4v) is 2.40. The van der Waals surface area contributed by atoms with E-state index in [2.05, 4.69) is 41.1 Å². The number of halogens is 2. The highest BCUT2D eigenvalue weighted by Gasteiger charge is 2.04. The van der Waals surface area contributed by atoms with Crippen molar-refractivity contribution in [1.29, 1.82) is 0 Å². The Morgan fingerprint density at radius 1 is 0.889 bits per heavy atom. The van der Waals surface area contributed by atoms with E-state index in [0.29, 0.717) is 11.8 Å². The summed E-state index contributed by atoms with van der Waals surface area (Å²) >= 11 is 11.5. The van der Waals surface area contributed by atoms with Crippen molar-refractivity contribution in [2.24, 2.45) is 0 Å². The van der Waals surface area contributed by atoms with E-state index in [0.717, 1.165) is 32.6 Å². The first kappa shape index (κ1) is 15.6. The maximum atomic E-state index is 5.77. The highest BCUT2D eigenvalue weighted by Crippen LogP contribution is 2.11. The molecule has 0 bridgehead atoms. The Kier molecular flexibility index (Phi) is 8.23. The molecule has 102 valence electrons. The van der Waals surface area contributed by atoms with Gasteiger partial charge in [0.15, 0.2) is 0 Å². The van der Waals surface area contributed by atoms with Gasteiger partial charge in [0.25, 0.3) is 0 Å². The topological polar surface area (TPSA) is 6.48 Å². The van der Waals surface area contributed by atoms with Crippen LogP contribution in [0.1, 0.15) is 6.42 Å². The molecule has 1 aromatic carbocycles. The lowest BCUT2D eigenvalue weighted by Gasteiger charge is -2.23. The summed E-state index contributed by atoms with van der Waals surface area (Å²) in [4.78, 5) is 4.60. The van der Waals surface area contributed by atoms with Crippen LogP contribution in [0.3, 0.4) is 0 Å². The van der Waals surface area contributed by atoms with Gasteiger partial charge in [-0.05, 0) is 25.1 Å². The molecule has 0 fully saturated rings. The zero-order valence-electron chi connectivity index (χ0n) is 11.0. The van der Waals surface area contributed by atoms with Crippen LogP contribution >= 0.6 is 23.2 Å². The van der Waals surface area contributed by atoms with Gasteiger partial charge in [0.05, 0.1) is 0 Å². The van der Waals surface area contributed by atoms with Gasteiger partial charge in [0, 0.05) is 44.1 Å². The molecule has 0 aromatic heterocycles. The molecule has 2 nitrogen and oxygen atoms in total. The molecule has 18 heavy (non-hydrogen) atoms. The first-order valence-electron chi connectivity index (χ1n) is 6.38. The molecule has 0 N–H and O–H groups in total. The zero-order chi connectivity index (χ0) is 13.2. The quantitative estimate of drug-likeness (QED) is 0.644. The average molecular weight is 289 g/mol. The van der Waals surface area contributed by atoms with Gasteiger partial charge in [-0.1, -0.05) is 18.2 Å². The van der Waals surface area contributed by atoms with E-state index < -0.39 is 0 Å². The lowest BCUT2D eigenvalue weighted by Crippen LogP contribution is -2.31. The van der Waals surface area contributed by atoms with Crippen molar-refractivity contribution in [3.05, 3.63) is 30.3 Å².